The summed E-state index contributed by atoms with van der Waals surface area (Å²) in [5.41, 5.74) is 18.5. The zero-order chi connectivity index (χ0) is 81.7. The van der Waals surface area contributed by atoms with Gasteiger partial charge in [0.2, 0.25) is 29.7 Å². The van der Waals surface area contributed by atoms with Gasteiger partial charge in [-0.25, -0.2) is 29.9 Å². The molecule has 0 atom stereocenters. The minimum absolute atomic E-state index is 0.299. The van der Waals surface area contributed by atoms with Crippen LogP contribution in [0, 0.1) is 6.92 Å². The smallest absolute Gasteiger partial charge is 0.302 e. The zero-order valence-electron chi connectivity index (χ0n) is 64.0. The van der Waals surface area contributed by atoms with Gasteiger partial charge in [0.05, 0.1) is 115 Å². The lowest BCUT2D eigenvalue weighted by Gasteiger charge is -2.10. The highest BCUT2D eigenvalue weighted by Crippen LogP contribution is 2.39. The van der Waals surface area contributed by atoms with Crippen molar-refractivity contribution in [1.29, 1.82) is 0 Å². The van der Waals surface area contributed by atoms with E-state index in [0.29, 0.717) is 57.7 Å². The van der Waals surface area contributed by atoms with Crippen molar-refractivity contribution in [2.45, 2.75) is 6.92 Å². The third-order valence-corrected chi connectivity index (χ3v) is 24.4. The van der Waals surface area contributed by atoms with Gasteiger partial charge in [0, 0.05) is 75.0 Å². The van der Waals surface area contributed by atoms with Crippen LogP contribution >= 0.6 is 68.3 Å². The number of oxazole rings is 1. The third-order valence-electron chi connectivity index (χ3n) is 19.6. The van der Waals surface area contributed by atoms with Crippen molar-refractivity contribution >= 4 is 278 Å². The van der Waals surface area contributed by atoms with E-state index in [4.69, 9.17) is 31.0 Å². The van der Waals surface area contributed by atoms with Crippen LogP contribution in [0.5, 0.6) is 0 Å². The number of aromatic nitrogens is 22. The molecule has 16 heterocycles. The monoisotopic (exact) mass is 1710 g/mol. The molecule has 0 aliphatic heterocycles. The Balaban J connectivity index is 0.000000100. The SMILES string of the molecule is Cc1ccc2nc(Nc3nc(Nc4ccc5[nH]ncc5c4)c4sccc4n3)sc2c1.Clc1ccc2oc(Nc3nc(Nc4ccc5[nH]ncc5c4)c4sccc4n3)nc2c1.Cn1c(Nc2nc(Nc3ccc4[nH]ncc4c3)c3sccc3n2)nc2ccccc21.Cn1nc(-c2ccccc2)cc1Nc1nc(Nc2ccc3[nH]ncc3c2)c2sccc2n1. The van der Waals surface area contributed by atoms with Gasteiger partial charge in [-0.3, -0.25) is 41.0 Å². The molecule has 0 aliphatic carbocycles. The van der Waals surface area contributed by atoms with Gasteiger partial charge in [0.25, 0.3) is 0 Å². The zero-order valence-corrected chi connectivity index (χ0v) is 68.8. The maximum atomic E-state index is 6.03. The van der Waals surface area contributed by atoms with Crippen molar-refractivity contribution in [3.63, 3.8) is 0 Å². The van der Waals surface area contributed by atoms with E-state index in [1.54, 1.807) is 98.2 Å². The predicted molar refractivity (Wildman–Crippen MR) is 493 cm³/mol. The Morgan fingerprint density at radius 3 is 1.34 bits per heavy atom. The van der Waals surface area contributed by atoms with Crippen LogP contribution in [0.25, 0.3) is 128 Å². The first-order chi connectivity index (χ1) is 59.9. The third kappa shape index (κ3) is 15.4. The summed E-state index contributed by atoms with van der Waals surface area (Å²) in [4.78, 5) is 51.2. The van der Waals surface area contributed by atoms with E-state index >= 15 is 0 Å². The molecule has 0 bridgehead atoms. The molecule has 0 amide bonds. The summed E-state index contributed by atoms with van der Waals surface area (Å²) in [5, 5.41) is 73.0. The average Bonchev–Trinajstić information content (AvgIpc) is 1.61. The lowest BCUT2D eigenvalue weighted by Crippen LogP contribution is -2.04. The minimum atomic E-state index is 0.299. The molecule has 0 unspecified atom stereocenters. The van der Waals surface area contributed by atoms with E-state index in [-0.39, 0.29) is 0 Å². The number of hydrogen-bond acceptors (Lipinski definition) is 30. The normalized spacial score (nSPS) is 11.4. The van der Waals surface area contributed by atoms with Crippen molar-refractivity contribution in [3.8, 4) is 11.3 Å². The number of nitrogens with zero attached hydrogens (tertiary/aromatic N) is 18. The fraction of sp³-hybridized carbons (Fsp3) is 0.0353. The summed E-state index contributed by atoms with van der Waals surface area (Å²) in [5.74, 6) is 6.35. The molecule has 0 spiro atoms. The number of halogens is 1. The summed E-state index contributed by atoms with van der Waals surface area (Å²) >= 11 is 14.0. The van der Waals surface area contributed by atoms with Crippen molar-refractivity contribution in [3.05, 3.63) is 251 Å². The Bertz CT molecular complexity index is 7770. The molecule has 122 heavy (non-hydrogen) atoms. The van der Waals surface area contributed by atoms with E-state index in [0.717, 1.165) is 168 Å². The summed E-state index contributed by atoms with van der Waals surface area (Å²) in [6, 6.07) is 63.9. The number of thiazole rings is 1. The standard InChI is InChI=1S/C23H18N8S.C21H16N8S.C21H15N7S2.C20H12ClN7OS/c1-31-20(12-19(30-31)14-5-3-2-4-6-14)27-23-26-18-9-10-32-21(18)22(28-23)25-16-7-8-17-15(11-16)13-24-29-17;1-29-17-5-3-2-4-15(17)25-21(29)27-20-24-16-8-9-30-18(16)19(26-20)23-13-6-7-14-12(10-13)11-22-28-14;1-11-2-4-15-17(8-11)30-21(25-15)27-20-24-16-6-7-29-18(16)19(26-20)23-13-3-5-14-12(9-13)10-22-28-14;21-11-1-4-16-15(8-11)25-20(29-16)27-19-24-14-5-6-30-17(14)18(26-19)23-12-2-3-13-10(7-12)9-22-28-13/h2-13H,1H3,(H,24,29)(H2,25,26,27,28);2-11H,1H3,(H,22,28)(H2,23,24,25,26,27);2-10H,1H3,(H,22,28)(H2,23,24,25,26,27);1-9H,(H,22,28)(H2,23,24,25,26,27). The fourth-order valence-electron chi connectivity index (χ4n) is 13.7. The van der Waals surface area contributed by atoms with Crippen LogP contribution in [0.1, 0.15) is 5.56 Å². The lowest BCUT2D eigenvalue weighted by molar-refractivity contribution is 0.622. The number of aromatic amines is 4. The highest BCUT2D eigenvalue weighted by atomic mass is 35.5. The molecular formula is C85H61ClN30OS5. The lowest BCUT2D eigenvalue weighted by atomic mass is 10.2. The molecule has 0 radical (unpaired) electrons. The number of benzene rings is 8. The second-order valence-electron chi connectivity index (χ2n) is 27.8. The molecule has 24 rings (SSSR count). The second kappa shape index (κ2) is 31.8. The van der Waals surface area contributed by atoms with Crippen LogP contribution in [-0.2, 0) is 14.1 Å². The van der Waals surface area contributed by atoms with E-state index in [9.17, 15) is 0 Å². The van der Waals surface area contributed by atoms with Crippen LogP contribution < -0.4 is 42.5 Å². The molecule has 24 aromatic rings. The highest BCUT2D eigenvalue weighted by molar-refractivity contribution is 7.22. The van der Waals surface area contributed by atoms with Crippen LogP contribution in [-0.4, -0.2) is 110 Å². The number of imidazole rings is 1. The molecule has 0 saturated carbocycles. The van der Waals surface area contributed by atoms with E-state index < -0.39 is 0 Å². The Hall–Kier alpha value is -15.5. The molecule has 37 heteroatoms. The van der Waals surface area contributed by atoms with Crippen LogP contribution in [0.3, 0.4) is 0 Å². The summed E-state index contributed by atoms with van der Waals surface area (Å²) in [6.45, 7) is 2.08. The molecule has 12 N–H and O–H groups in total. The van der Waals surface area contributed by atoms with Crippen molar-refractivity contribution in [2.75, 3.05) is 42.5 Å². The van der Waals surface area contributed by atoms with Gasteiger partial charge in [0.1, 0.15) is 11.3 Å². The van der Waals surface area contributed by atoms with E-state index in [2.05, 4.69) is 147 Å². The molecular weight excluding hydrogens is 1650 g/mol. The van der Waals surface area contributed by atoms with Gasteiger partial charge in [0.15, 0.2) is 34.0 Å². The maximum absolute atomic E-state index is 6.03. The van der Waals surface area contributed by atoms with Crippen molar-refractivity contribution < 1.29 is 4.42 Å². The Morgan fingerprint density at radius 2 is 0.844 bits per heavy atom. The molecule has 594 valence electrons. The quantitative estimate of drug-likeness (QED) is 0.0403. The minimum Gasteiger partial charge on any atom is -0.423 e. The first-order valence-electron chi connectivity index (χ1n) is 37.7. The number of H-pyrrole nitrogens is 4. The van der Waals surface area contributed by atoms with Gasteiger partial charge in [-0.15, -0.1) is 45.3 Å². The van der Waals surface area contributed by atoms with Gasteiger partial charge >= 0.3 is 6.01 Å². The number of fused-ring (bicyclic) bond motifs is 11. The second-order valence-corrected chi connectivity index (χ2v) is 33.0. The fourth-order valence-corrected chi connectivity index (χ4v) is 17.9. The topological polar surface area (TPSA) is 389 Å². The molecule has 0 fully saturated rings. The number of anilines is 16. The number of nitrogens with one attached hydrogen (secondary N) is 12. The first-order valence-corrected chi connectivity index (χ1v) is 42.4. The molecule has 0 aliphatic rings. The number of aryl methyl sites for hydroxylation is 3. The first kappa shape index (κ1) is 74.1. The van der Waals surface area contributed by atoms with Gasteiger partial charge in [-0.2, -0.15) is 50.4 Å². The number of hydrogen-bond donors (Lipinski definition) is 12. The molecule has 0 saturated heterocycles. The maximum Gasteiger partial charge on any atom is 0.302 e. The van der Waals surface area contributed by atoms with E-state index in [1.807, 2.05) is 210 Å². The molecule has 31 nitrogen and oxygen atoms in total. The summed E-state index contributed by atoms with van der Waals surface area (Å²) in [6.07, 6.45) is 7.21. The average molecular weight is 1710 g/mol. The largest absolute Gasteiger partial charge is 0.423 e. The van der Waals surface area contributed by atoms with Gasteiger partial charge in [-0.1, -0.05) is 71.5 Å². The molecule has 8 aromatic carbocycles. The van der Waals surface area contributed by atoms with Gasteiger partial charge in [-0.05, 0) is 174 Å². The number of thiophene rings is 4. The summed E-state index contributed by atoms with van der Waals surface area (Å²) in [7, 11) is 3.87. The Labute approximate surface area is 712 Å². The Morgan fingerprint density at radius 1 is 0.377 bits per heavy atom. The van der Waals surface area contributed by atoms with Crippen LogP contribution in [0.2, 0.25) is 5.02 Å². The number of rotatable bonds is 17. The van der Waals surface area contributed by atoms with Crippen molar-refractivity contribution in [1.82, 2.24) is 110 Å². The van der Waals surface area contributed by atoms with Crippen LogP contribution in [0.4, 0.5) is 92.7 Å². The van der Waals surface area contributed by atoms with Gasteiger partial charge < -0.3 is 35.6 Å². The Kier molecular flexibility index (Phi) is 19.3. The van der Waals surface area contributed by atoms with Crippen molar-refractivity contribution in [2.24, 2.45) is 14.1 Å². The number of para-hydroxylation sites is 2. The highest BCUT2D eigenvalue weighted by Gasteiger charge is 2.20. The van der Waals surface area contributed by atoms with Crippen LogP contribution in [0.15, 0.2) is 245 Å². The predicted octanol–water partition coefficient (Wildman–Crippen LogP) is 22.2. The molecule has 16 aromatic heterocycles. The van der Waals surface area contributed by atoms with E-state index in [1.165, 1.54) is 5.56 Å². The summed E-state index contributed by atoms with van der Waals surface area (Å²) < 4.78 is 14.6.